The van der Waals surface area contributed by atoms with Crippen molar-refractivity contribution in [2.75, 3.05) is 13.2 Å². The van der Waals surface area contributed by atoms with Gasteiger partial charge in [0, 0.05) is 13.0 Å². The maximum atomic E-state index is 11.7. The van der Waals surface area contributed by atoms with Crippen molar-refractivity contribution in [3.05, 3.63) is 17.8 Å². The number of halogens is 3. The van der Waals surface area contributed by atoms with Crippen LogP contribution in [0.2, 0.25) is 0 Å². The number of hydrogen-bond acceptors (Lipinski definition) is 4. The number of alkyl halides is 3. The number of oxazole rings is 1. The summed E-state index contributed by atoms with van der Waals surface area (Å²) in [6.07, 6.45) is -2.85. The summed E-state index contributed by atoms with van der Waals surface area (Å²) in [7, 11) is 0. The van der Waals surface area contributed by atoms with Crippen LogP contribution in [0.15, 0.2) is 10.8 Å². The highest BCUT2D eigenvalue weighted by Gasteiger charge is 2.27. The van der Waals surface area contributed by atoms with Crippen LogP contribution in [0.4, 0.5) is 13.2 Å². The molecular weight excluding hydrogens is 213 g/mol. The molecule has 0 aliphatic carbocycles. The molecule has 0 amide bonds. The fourth-order valence-electron chi connectivity index (χ4n) is 1.02. The standard InChI is InChI=1S/C8H11F3N2O2/c9-8(10,11)4-14-2-1-7-6(3-12)13-5-15-7/h5H,1-4,12H2. The van der Waals surface area contributed by atoms with Crippen LogP contribution in [0.5, 0.6) is 0 Å². The van der Waals surface area contributed by atoms with Gasteiger partial charge < -0.3 is 14.9 Å². The zero-order valence-electron chi connectivity index (χ0n) is 7.88. The number of nitrogens with zero attached hydrogens (tertiary/aromatic N) is 1. The lowest BCUT2D eigenvalue weighted by atomic mass is 10.3. The number of rotatable bonds is 5. The average Bonchev–Trinajstić information content (AvgIpc) is 2.58. The van der Waals surface area contributed by atoms with E-state index in [1.54, 1.807) is 0 Å². The smallest absolute Gasteiger partial charge is 0.411 e. The van der Waals surface area contributed by atoms with Crippen molar-refractivity contribution < 1.29 is 22.3 Å². The van der Waals surface area contributed by atoms with Gasteiger partial charge in [0.15, 0.2) is 6.39 Å². The molecule has 0 aromatic carbocycles. The molecule has 0 aliphatic rings. The normalized spacial score (nSPS) is 12.0. The minimum absolute atomic E-state index is 0.0678. The van der Waals surface area contributed by atoms with Crippen molar-refractivity contribution in [1.29, 1.82) is 0 Å². The molecule has 15 heavy (non-hydrogen) atoms. The Morgan fingerprint density at radius 3 is 2.80 bits per heavy atom. The zero-order chi connectivity index (χ0) is 11.3. The number of ether oxygens (including phenoxy) is 1. The first kappa shape index (κ1) is 12.0. The van der Waals surface area contributed by atoms with Crippen molar-refractivity contribution in [2.45, 2.75) is 19.1 Å². The molecule has 7 heteroatoms. The Morgan fingerprint density at radius 1 is 1.47 bits per heavy atom. The van der Waals surface area contributed by atoms with E-state index < -0.39 is 12.8 Å². The van der Waals surface area contributed by atoms with Crippen molar-refractivity contribution in [2.24, 2.45) is 5.73 Å². The number of hydrogen-bond donors (Lipinski definition) is 1. The van der Waals surface area contributed by atoms with Gasteiger partial charge in [-0.15, -0.1) is 0 Å². The minimum Gasteiger partial charge on any atom is -0.448 e. The van der Waals surface area contributed by atoms with Crippen LogP contribution >= 0.6 is 0 Å². The van der Waals surface area contributed by atoms with Crippen molar-refractivity contribution in [1.82, 2.24) is 4.98 Å². The van der Waals surface area contributed by atoms with Crippen molar-refractivity contribution in [3.8, 4) is 0 Å². The summed E-state index contributed by atoms with van der Waals surface area (Å²) < 4.78 is 44.4. The summed E-state index contributed by atoms with van der Waals surface area (Å²) in [5.74, 6) is 0.472. The SMILES string of the molecule is NCc1ncoc1CCOCC(F)(F)F. The largest absolute Gasteiger partial charge is 0.448 e. The Kier molecular flexibility index (Phi) is 4.10. The van der Waals surface area contributed by atoms with Gasteiger partial charge in [0.1, 0.15) is 12.4 Å². The summed E-state index contributed by atoms with van der Waals surface area (Å²) in [5.41, 5.74) is 5.87. The van der Waals surface area contributed by atoms with Crippen LogP contribution in [0, 0.1) is 0 Å². The Hall–Kier alpha value is -1.08. The molecule has 0 saturated heterocycles. The van der Waals surface area contributed by atoms with Crippen molar-refractivity contribution in [3.63, 3.8) is 0 Å². The van der Waals surface area contributed by atoms with Gasteiger partial charge in [-0.2, -0.15) is 13.2 Å². The van der Waals surface area contributed by atoms with Gasteiger partial charge in [-0.05, 0) is 0 Å². The third-order valence-electron chi connectivity index (χ3n) is 1.66. The first-order valence-electron chi connectivity index (χ1n) is 4.28. The minimum atomic E-state index is -4.29. The number of nitrogens with two attached hydrogens (primary N) is 1. The maximum Gasteiger partial charge on any atom is 0.411 e. The van der Waals surface area contributed by atoms with E-state index in [2.05, 4.69) is 9.72 Å². The van der Waals surface area contributed by atoms with Crippen LogP contribution in [0.1, 0.15) is 11.5 Å². The molecule has 1 aromatic heterocycles. The van der Waals surface area contributed by atoms with Crippen LogP contribution in [-0.2, 0) is 17.7 Å². The molecular formula is C8H11F3N2O2. The average molecular weight is 224 g/mol. The van der Waals surface area contributed by atoms with Crippen LogP contribution in [0.25, 0.3) is 0 Å². The van der Waals surface area contributed by atoms with Gasteiger partial charge in [-0.3, -0.25) is 0 Å². The van der Waals surface area contributed by atoms with E-state index in [9.17, 15) is 13.2 Å². The lowest BCUT2D eigenvalue weighted by Gasteiger charge is -2.06. The van der Waals surface area contributed by atoms with Gasteiger partial charge in [0.05, 0.1) is 12.3 Å². The highest BCUT2D eigenvalue weighted by molar-refractivity contribution is 5.06. The zero-order valence-corrected chi connectivity index (χ0v) is 7.88. The Labute approximate surface area is 84.2 Å². The Bertz CT molecular complexity index is 298. The fourth-order valence-corrected chi connectivity index (χ4v) is 1.02. The lowest BCUT2D eigenvalue weighted by Crippen LogP contribution is -2.18. The van der Waals surface area contributed by atoms with E-state index >= 15 is 0 Å². The Morgan fingerprint density at radius 2 is 2.20 bits per heavy atom. The second kappa shape index (κ2) is 5.13. The summed E-state index contributed by atoms with van der Waals surface area (Å²) in [4.78, 5) is 3.79. The molecule has 4 nitrogen and oxygen atoms in total. The van der Waals surface area contributed by atoms with Crippen LogP contribution in [-0.4, -0.2) is 24.4 Å². The third-order valence-corrected chi connectivity index (χ3v) is 1.66. The molecule has 1 aromatic rings. The van der Waals surface area contributed by atoms with E-state index in [4.69, 9.17) is 10.2 Å². The molecule has 0 bridgehead atoms. The molecule has 1 rings (SSSR count). The van der Waals surface area contributed by atoms with E-state index in [-0.39, 0.29) is 19.6 Å². The summed E-state index contributed by atoms with van der Waals surface area (Å²) in [6, 6.07) is 0. The molecule has 0 unspecified atom stereocenters. The van der Waals surface area contributed by atoms with Gasteiger partial charge in [0.2, 0.25) is 0 Å². The summed E-state index contributed by atoms with van der Waals surface area (Å²) in [6.45, 7) is -1.12. The molecule has 1 heterocycles. The molecule has 0 atom stereocenters. The van der Waals surface area contributed by atoms with Gasteiger partial charge in [-0.25, -0.2) is 4.98 Å². The van der Waals surface area contributed by atoms with Gasteiger partial charge >= 0.3 is 6.18 Å². The first-order valence-corrected chi connectivity index (χ1v) is 4.28. The maximum absolute atomic E-state index is 11.7. The van der Waals surface area contributed by atoms with Crippen LogP contribution in [0.3, 0.4) is 0 Å². The number of aromatic nitrogens is 1. The van der Waals surface area contributed by atoms with Crippen molar-refractivity contribution >= 4 is 0 Å². The van der Waals surface area contributed by atoms with Crippen LogP contribution < -0.4 is 5.73 Å². The third kappa shape index (κ3) is 4.30. The van der Waals surface area contributed by atoms with Gasteiger partial charge in [0.25, 0.3) is 0 Å². The second-order valence-corrected chi connectivity index (χ2v) is 2.84. The van der Waals surface area contributed by atoms with E-state index in [1.807, 2.05) is 0 Å². The molecule has 0 fully saturated rings. The predicted octanol–water partition coefficient (Wildman–Crippen LogP) is 1.25. The second-order valence-electron chi connectivity index (χ2n) is 2.84. The predicted molar refractivity (Wildman–Crippen MR) is 45.0 cm³/mol. The Balaban J connectivity index is 2.26. The monoisotopic (exact) mass is 224 g/mol. The molecule has 2 N–H and O–H groups in total. The van der Waals surface area contributed by atoms with E-state index in [0.29, 0.717) is 11.5 Å². The lowest BCUT2D eigenvalue weighted by molar-refractivity contribution is -0.173. The van der Waals surface area contributed by atoms with E-state index in [0.717, 1.165) is 0 Å². The fraction of sp³-hybridized carbons (Fsp3) is 0.625. The molecule has 0 saturated carbocycles. The molecule has 0 aliphatic heterocycles. The summed E-state index contributed by atoms with van der Waals surface area (Å²) in [5, 5.41) is 0. The van der Waals surface area contributed by atoms with E-state index in [1.165, 1.54) is 6.39 Å². The first-order chi connectivity index (χ1) is 7.03. The molecule has 86 valence electrons. The molecule has 0 spiro atoms. The highest BCUT2D eigenvalue weighted by atomic mass is 19.4. The topological polar surface area (TPSA) is 61.3 Å². The molecule has 0 radical (unpaired) electrons. The quantitative estimate of drug-likeness (QED) is 0.765. The summed E-state index contributed by atoms with van der Waals surface area (Å²) >= 11 is 0. The highest BCUT2D eigenvalue weighted by Crippen LogP contribution is 2.15. The van der Waals surface area contributed by atoms with Gasteiger partial charge in [-0.1, -0.05) is 0 Å².